The van der Waals surface area contributed by atoms with Gasteiger partial charge in [0.2, 0.25) is 0 Å². The summed E-state index contributed by atoms with van der Waals surface area (Å²) in [5, 5.41) is 0. The van der Waals surface area contributed by atoms with Gasteiger partial charge in [0.15, 0.2) is 5.78 Å². The Balaban J connectivity index is 0. The summed E-state index contributed by atoms with van der Waals surface area (Å²) in [5.74, 6) is -0.0333. The van der Waals surface area contributed by atoms with E-state index in [2.05, 4.69) is 0 Å². The normalized spacial score (nSPS) is 10.9. The number of carbonyl (C=O) groups is 3. The van der Waals surface area contributed by atoms with Crippen molar-refractivity contribution in [2.75, 3.05) is 31.6 Å². The van der Waals surface area contributed by atoms with Crippen molar-refractivity contribution < 1.29 is 28.6 Å². The molecule has 0 amide bonds. The van der Waals surface area contributed by atoms with Crippen LogP contribution in [0.5, 0.6) is 0 Å². The van der Waals surface area contributed by atoms with Gasteiger partial charge in [-0.1, -0.05) is 34.6 Å². The Hall–Kier alpha value is -1.27. The van der Waals surface area contributed by atoms with Gasteiger partial charge in [-0.2, -0.15) is 0 Å². The van der Waals surface area contributed by atoms with Crippen molar-refractivity contribution in [3.8, 4) is 0 Å². The third-order valence-electron chi connectivity index (χ3n) is 2.53. The highest BCUT2D eigenvalue weighted by Crippen LogP contribution is 2.03. The lowest BCUT2D eigenvalue weighted by atomic mass is 10.2. The van der Waals surface area contributed by atoms with E-state index in [1.165, 1.54) is 6.08 Å². The summed E-state index contributed by atoms with van der Waals surface area (Å²) >= 11 is 10.8. The molecule has 0 saturated carbocycles. The Morgan fingerprint density at radius 3 is 1.89 bits per heavy atom. The van der Waals surface area contributed by atoms with Crippen LogP contribution >= 0.6 is 23.2 Å². The number of hydrogen-bond donors (Lipinski definition) is 0. The molecule has 0 saturated heterocycles. The van der Waals surface area contributed by atoms with Crippen LogP contribution in [0.3, 0.4) is 0 Å². The summed E-state index contributed by atoms with van der Waals surface area (Å²) in [6, 6.07) is 0. The molecule has 0 aromatic rings. The van der Waals surface area contributed by atoms with Gasteiger partial charge >= 0.3 is 11.9 Å². The van der Waals surface area contributed by atoms with Gasteiger partial charge in [-0.15, -0.1) is 23.2 Å². The second-order valence-corrected chi connectivity index (χ2v) is 7.08. The van der Waals surface area contributed by atoms with Gasteiger partial charge < -0.3 is 14.2 Å². The number of rotatable bonds is 12. The number of alkyl halides is 2. The monoisotopic (exact) mass is 426 g/mol. The number of hydrogen-bond acceptors (Lipinski definition) is 6. The molecule has 0 aliphatic heterocycles. The number of carbonyl (C=O) groups excluding carboxylic acids is 3. The fourth-order valence-electron chi connectivity index (χ4n) is 1.29. The van der Waals surface area contributed by atoms with Crippen LogP contribution in [0, 0.1) is 11.8 Å². The third kappa shape index (κ3) is 20.9. The van der Waals surface area contributed by atoms with Crippen LogP contribution in [0.1, 0.15) is 47.5 Å². The summed E-state index contributed by atoms with van der Waals surface area (Å²) in [5.41, 5.74) is 0. The van der Waals surface area contributed by atoms with Gasteiger partial charge in [0.25, 0.3) is 0 Å². The first kappa shape index (κ1) is 27.9. The molecule has 0 aliphatic rings. The van der Waals surface area contributed by atoms with Crippen LogP contribution in [-0.2, 0) is 28.6 Å². The molecular formula is C19H32Cl2O6. The smallest absolute Gasteiger partial charge is 0.334 e. The molecule has 27 heavy (non-hydrogen) atoms. The van der Waals surface area contributed by atoms with Gasteiger partial charge in [0, 0.05) is 0 Å². The Morgan fingerprint density at radius 1 is 0.889 bits per heavy atom. The maximum Gasteiger partial charge on any atom is 0.334 e. The molecule has 0 spiro atoms. The highest BCUT2D eigenvalue weighted by Gasteiger charge is 2.09. The average Bonchev–Trinajstić information content (AvgIpc) is 2.62. The Kier molecular flexibility index (Phi) is 18.7. The molecule has 0 radical (unpaired) electrons. The number of ether oxygens (including phenoxy) is 3. The van der Waals surface area contributed by atoms with Gasteiger partial charge in [-0.3, -0.25) is 9.59 Å². The molecule has 0 fully saturated rings. The maximum absolute atomic E-state index is 11.2. The van der Waals surface area contributed by atoms with Crippen molar-refractivity contribution in [2.24, 2.45) is 11.8 Å². The number of ketones is 1. The van der Waals surface area contributed by atoms with E-state index in [4.69, 9.17) is 37.4 Å². The molecule has 8 heteroatoms. The lowest BCUT2D eigenvalue weighted by Crippen LogP contribution is -2.14. The quantitative estimate of drug-likeness (QED) is 0.153. The third-order valence-corrected chi connectivity index (χ3v) is 3.09. The zero-order chi connectivity index (χ0) is 21.2. The summed E-state index contributed by atoms with van der Waals surface area (Å²) < 4.78 is 15.0. The minimum atomic E-state index is -0.491. The minimum absolute atomic E-state index is 0.128. The predicted molar refractivity (Wildman–Crippen MR) is 107 cm³/mol. The summed E-state index contributed by atoms with van der Waals surface area (Å²) in [7, 11) is 0. The SMILES string of the molecule is CC(C)COC(=O)CC(=O)CCl.CCCO/C(=C/C(=O)OCC(C)C)CCl. The lowest BCUT2D eigenvalue weighted by Gasteiger charge is -2.07. The summed E-state index contributed by atoms with van der Waals surface area (Å²) in [6.07, 6.45) is 1.98. The van der Waals surface area contributed by atoms with E-state index in [1.54, 1.807) is 0 Å². The highest BCUT2D eigenvalue weighted by molar-refractivity contribution is 6.28. The molecule has 0 bridgehead atoms. The number of halogens is 2. The van der Waals surface area contributed by atoms with Crippen LogP contribution in [0.2, 0.25) is 0 Å². The fourth-order valence-corrected chi connectivity index (χ4v) is 1.54. The Labute approximate surface area is 172 Å². The maximum atomic E-state index is 11.2. The van der Waals surface area contributed by atoms with Gasteiger partial charge in [0.05, 0.1) is 37.7 Å². The first-order valence-corrected chi connectivity index (χ1v) is 10.0. The van der Waals surface area contributed by atoms with Crippen LogP contribution in [0.15, 0.2) is 11.8 Å². The van der Waals surface area contributed by atoms with Crippen molar-refractivity contribution >= 4 is 40.9 Å². The van der Waals surface area contributed by atoms with Crippen molar-refractivity contribution in [3.05, 3.63) is 11.8 Å². The molecule has 0 unspecified atom stereocenters. The first-order chi connectivity index (χ1) is 12.7. The summed E-state index contributed by atoms with van der Waals surface area (Å²) in [6.45, 7) is 11.1. The van der Waals surface area contributed by atoms with Gasteiger partial charge in [-0.25, -0.2) is 4.79 Å². The lowest BCUT2D eigenvalue weighted by molar-refractivity contribution is -0.146. The molecular weight excluding hydrogens is 395 g/mol. The molecule has 0 N–H and O–H groups in total. The Morgan fingerprint density at radius 2 is 1.44 bits per heavy atom. The Bertz CT molecular complexity index is 461. The average molecular weight is 427 g/mol. The molecule has 6 nitrogen and oxygen atoms in total. The fraction of sp³-hybridized carbons (Fsp3) is 0.737. The van der Waals surface area contributed by atoms with E-state index in [0.29, 0.717) is 37.4 Å². The van der Waals surface area contributed by atoms with E-state index < -0.39 is 11.9 Å². The van der Waals surface area contributed by atoms with E-state index in [9.17, 15) is 14.4 Å². The number of Topliss-reactive ketones (excluding diaryl/α,β-unsaturated/α-hetero) is 1. The topological polar surface area (TPSA) is 78.9 Å². The zero-order valence-electron chi connectivity index (χ0n) is 16.9. The number of esters is 2. The second kappa shape index (κ2) is 18.1. The van der Waals surface area contributed by atoms with Crippen molar-refractivity contribution in [1.29, 1.82) is 0 Å². The molecule has 0 aliphatic carbocycles. The predicted octanol–water partition coefficient (Wildman–Crippen LogP) is 4.12. The summed E-state index contributed by atoms with van der Waals surface area (Å²) in [4.78, 5) is 32.7. The van der Waals surface area contributed by atoms with Crippen LogP contribution in [-0.4, -0.2) is 49.3 Å². The largest absolute Gasteiger partial charge is 0.496 e. The van der Waals surface area contributed by atoms with E-state index >= 15 is 0 Å². The second-order valence-electron chi connectivity index (χ2n) is 6.54. The molecule has 0 rings (SSSR count). The molecule has 0 aromatic carbocycles. The van der Waals surface area contributed by atoms with Crippen molar-refractivity contribution in [1.82, 2.24) is 0 Å². The standard InChI is InChI=1S/C11H19ClO3.C8H13ClO3/c1-4-5-14-10(7-12)6-11(13)15-8-9(2)3;1-6(2)5-12-8(11)3-7(10)4-9/h6,9H,4-5,7-8H2,1-3H3;6H,3-5H2,1-2H3/b10-6+;. The zero-order valence-corrected chi connectivity index (χ0v) is 18.4. The van der Waals surface area contributed by atoms with Crippen LogP contribution in [0.25, 0.3) is 0 Å². The minimum Gasteiger partial charge on any atom is -0.496 e. The van der Waals surface area contributed by atoms with Crippen molar-refractivity contribution in [3.63, 3.8) is 0 Å². The molecule has 0 atom stereocenters. The van der Waals surface area contributed by atoms with Gasteiger partial charge in [0.1, 0.15) is 12.2 Å². The van der Waals surface area contributed by atoms with E-state index in [1.807, 2.05) is 34.6 Å². The first-order valence-electron chi connectivity index (χ1n) is 8.95. The molecule has 0 heterocycles. The van der Waals surface area contributed by atoms with Crippen LogP contribution in [0.4, 0.5) is 0 Å². The van der Waals surface area contributed by atoms with Crippen LogP contribution < -0.4 is 0 Å². The number of allylic oxidation sites excluding steroid dienone is 1. The van der Waals surface area contributed by atoms with E-state index in [-0.39, 0.29) is 24.0 Å². The van der Waals surface area contributed by atoms with E-state index in [0.717, 1.165) is 6.42 Å². The van der Waals surface area contributed by atoms with Gasteiger partial charge in [-0.05, 0) is 18.3 Å². The highest BCUT2D eigenvalue weighted by atomic mass is 35.5. The molecule has 0 aromatic heterocycles. The molecule has 158 valence electrons. The van der Waals surface area contributed by atoms with Crippen molar-refractivity contribution in [2.45, 2.75) is 47.5 Å².